The summed E-state index contributed by atoms with van der Waals surface area (Å²) in [6.45, 7) is 0.248. The lowest BCUT2D eigenvalue weighted by molar-refractivity contribution is 0.248. The number of aliphatic hydroxyl groups is 2. The van der Waals surface area contributed by atoms with Gasteiger partial charge in [-0.3, -0.25) is 0 Å². The molecule has 4 heteroatoms. The Bertz CT molecular complexity index is 329. The van der Waals surface area contributed by atoms with Crippen LogP contribution < -0.4 is 4.90 Å². The number of nitrogens with zero attached hydrogens (tertiary/aromatic N) is 1. The fourth-order valence-corrected chi connectivity index (χ4v) is 2.48. The molecule has 0 spiro atoms. The molecule has 0 aliphatic carbocycles. The van der Waals surface area contributed by atoms with Crippen LogP contribution in [-0.2, 0) is 0 Å². The average Bonchev–Trinajstić information content (AvgIpc) is 2.73. The zero-order valence-corrected chi connectivity index (χ0v) is 9.77. The van der Waals surface area contributed by atoms with Gasteiger partial charge in [0.1, 0.15) is 0 Å². The molecule has 2 rings (SSSR count). The predicted octanol–water partition coefficient (Wildman–Crippen LogP) is 1.66. The molecule has 0 radical (unpaired) electrons. The molecule has 88 valence electrons. The molecule has 0 amide bonds. The second-order valence-corrected chi connectivity index (χ2v) is 4.57. The molecule has 1 aliphatic rings. The highest BCUT2D eigenvalue weighted by Crippen LogP contribution is 2.30. The molecule has 0 unspecified atom stereocenters. The second kappa shape index (κ2) is 5.04. The number of hydrogen-bond donors (Lipinski definition) is 2. The van der Waals surface area contributed by atoms with Crippen molar-refractivity contribution in [3.05, 3.63) is 29.3 Å². The SMILES string of the molecule is OC[C@H]1CC[C@H](CO)N1c1ccc(Cl)cc1. The van der Waals surface area contributed by atoms with Gasteiger partial charge >= 0.3 is 0 Å². The highest BCUT2D eigenvalue weighted by Gasteiger charge is 2.32. The summed E-state index contributed by atoms with van der Waals surface area (Å²) in [5.74, 6) is 0. The third kappa shape index (κ3) is 2.17. The van der Waals surface area contributed by atoms with Crippen molar-refractivity contribution in [1.82, 2.24) is 0 Å². The molecular weight excluding hydrogens is 226 g/mol. The van der Waals surface area contributed by atoms with Crippen molar-refractivity contribution in [3.8, 4) is 0 Å². The minimum absolute atomic E-state index is 0.110. The molecule has 2 N–H and O–H groups in total. The predicted molar refractivity (Wildman–Crippen MR) is 64.9 cm³/mol. The first-order chi connectivity index (χ1) is 7.76. The van der Waals surface area contributed by atoms with Crippen molar-refractivity contribution >= 4 is 17.3 Å². The smallest absolute Gasteiger partial charge is 0.0635 e. The van der Waals surface area contributed by atoms with E-state index < -0.39 is 0 Å². The Morgan fingerprint density at radius 1 is 1.06 bits per heavy atom. The molecule has 1 saturated heterocycles. The van der Waals surface area contributed by atoms with E-state index >= 15 is 0 Å². The first-order valence-corrected chi connectivity index (χ1v) is 5.89. The maximum Gasteiger partial charge on any atom is 0.0635 e. The van der Waals surface area contributed by atoms with Gasteiger partial charge in [0.05, 0.1) is 25.3 Å². The monoisotopic (exact) mass is 241 g/mol. The van der Waals surface area contributed by atoms with Crippen LogP contribution in [0.2, 0.25) is 5.02 Å². The van der Waals surface area contributed by atoms with Gasteiger partial charge in [0.2, 0.25) is 0 Å². The Morgan fingerprint density at radius 3 is 2.00 bits per heavy atom. The quantitative estimate of drug-likeness (QED) is 0.846. The topological polar surface area (TPSA) is 43.7 Å². The van der Waals surface area contributed by atoms with E-state index in [0.29, 0.717) is 5.02 Å². The van der Waals surface area contributed by atoms with E-state index in [0.717, 1.165) is 18.5 Å². The summed E-state index contributed by atoms with van der Waals surface area (Å²) in [7, 11) is 0. The molecule has 2 atom stereocenters. The average molecular weight is 242 g/mol. The van der Waals surface area contributed by atoms with Gasteiger partial charge in [-0.2, -0.15) is 0 Å². The third-order valence-electron chi connectivity index (χ3n) is 3.17. The Kier molecular flexibility index (Phi) is 3.69. The largest absolute Gasteiger partial charge is 0.394 e. The number of rotatable bonds is 3. The van der Waals surface area contributed by atoms with E-state index in [4.69, 9.17) is 11.6 Å². The van der Waals surface area contributed by atoms with Crippen molar-refractivity contribution in [3.63, 3.8) is 0 Å². The van der Waals surface area contributed by atoms with E-state index in [-0.39, 0.29) is 25.3 Å². The minimum atomic E-state index is 0.110. The van der Waals surface area contributed by atoms with Crippen LogP contribution >= 0.6 is 11.6 Å². The Balaban J connectivity index is 2.24. The van der Waals surface area contributed by atoms with E-state index in [9.17, 15) is 10.2 Å². The normalized spacial score (nSPS) is 25.1. The van der Waals surface area contributed by atoms with Gasteiger partial charge in [-0.25, -0.2) is 0 Å². The summed E-state index contributed by atoms with van der Waals surface area (Å²) in [6.07, 6.45) is 1.84. The van der Waals surface area contributed by atoms with Gasteiger partial charge in [0, 0.05) is 10.7 Å². The van der Waals surface area contributed by atoms with Crippen LogP contribution in [0.5, 0.6) is 0 Å². The van der Waals surface area contributed by atoms with E-state index in [1.165, 1.54) is 0 Å². The Hall–Kier alpha value is -0.770. The number of aliphatic hydroxyl groups excluding tert-OH is 2. The fraction of sp³-hybridized carbons (Fsp3) is 0.500. The molecule has 0 saturated carbocycles. The van der Waals surface area contributed by atoms with Gasteiger partial charge in [-0.1, -0.05) is 11.6 Å². The first-order valence-electron chi connectivity index (χ1n) is 5.52. The van der Waals surface area contributed by atoms with Crippen LogP contribution in [0.1, 0.15) is 12.8 Å². The molecule has 1 heterocycles. The van der Waals surface area contributed by atoms with Gasteiger partial charge in [0.15, 0.2) is 0 Å². The summed E-state index contributed by atoms with van der Waals surface area (Å²) in [5, 5.41) is 19.3. The Morgan fingerprint density at radius 2 is 1.56 bits per heavy atom. The van der Waals surface area contributed by atoms with E-state index in [1.54, 1.807) is 0 Å². The third-order valence-corrected chi connectivity index (χ3v) is 3.42. The zero-order chi connectivity index (χ0) is 11.5. The van der Waals surface area contributed by atoms with Crippen LogP contribution in [0, 0.1) is 0 Å². The van der Waals surface area contributed by atoms with Crippen LogP contribution in [-0.4, -0.2) is 35.5 Å². The van der Waals surface area contributed by atoms with Crippen molar-refractivity contribution in [2.24, 2.45) is 0 Å². The van der Waals surface area contributed by atoms with Crippen LogP contribution in [0.4, 0.5) is 5.69 Å². The zero-order valence-electron chi connectivity index (χ0n) is 9.01. The lowest BCUT2D eigenvalue weighted by Gasteiger charge is -2.30. The van der Waals surface area contributed by atoms with Crippen LogP contribution in [0.25, 0.3) is 0 Å². The number of halogens is 1. The molecule has 3 nitrogen and oxygen atoms in total. The molecule has 1 fully saturated rings. The molecule has 1 aromatic rings. The van der Waals surface area contributed by atoms with Crippen molar-refractivity contribution < 1.29 is 10.2 Å². The van der Waals surface area contributed by atoms with Crippen molar-refractivity contribution in [2.75, 3.05) is 18.1 Å². The molecule has 1 aliphatic heterocycles. The molecular formula is C12H16ClNO2. The summed E-state index contributed by atoms with van der Waals surface area (Å²) < 4.78 is 0. The molecule has 0 aromatic heterocycles. The van der Waals surface area contributed by atoms with Gasteiger partial charge < -0.3 is 15.1 Å². The maximum atomic E-state index is 9.32. The van der Waals surface area contributed by atoms with Crippen molar-refractivity contribution in [1.29, 1.82) is 0 Å². The number of benzene rings is 1. The van der Waals surface area contributed by atoms with Gasteiger partial charge in [-0.05, 0) is 37.1 Å². The lowest BCUT2D eigenvalue weighted by atomic mass is 10.2. The first kappa shape index (κ1) is 11.7. The van der Waals surface area contributed by atoms with Crippen molar-refractivity contribution in [2.45, 2.75) is 24.9 Å². The molecule has 1 aromatic carbocycles. The Labute approximate surface area is 100 Å². The van der Waals surface area contributed by atoms with E-state index in [1.807, 2.05) is 24.3 Å². The van der Waals surface area contributed by atoms with Gasteiger partial charge in [-0.15, -0.1) is 0 Å². The minimum Gasteiger partial charge on any atom is -0.394 e. The summed E-state index contributed by atoms with van der Waals surface area (Å²) in [6, 6.07) is 7.74. The second-order valence-electron chi connectivity index (χ2n) is 4.13. The summed E-state index contributed by atoms with van der Waals surface area (Å²) >= 11 is 5.84. The fourth-order valence-electron chi connectivity index (χ4n) is 2.35. The van der Waals surface area contributed by atoms with Crippen LogP contribution in [0.3, 0.4) is 0 Å². The molecule has 16 heavy (non-hydrogen) atoms. The maximum absolute atomic E-state index is 9.32. The number of hydrogen-bond acceptors (Lipinski definition) is 3. The number of anilines is 1. The highest BCUT2D eigenvalue weighted by molar-refractivity contribution is 6.30. The molecule has 0 bridgehead atoms. The summed E-state index contributed by atoms with van der Waals surface area (Å²) in [5.41, 5.74) is 1.01. The summed E-state index contributed by atoms with van der Waals surface area (Å²) in [4.78, 5) is 2.09. The van der Waals surface area contributed by atoms with Gasteiger partial charge in [0.25, 0.3) is 0 Å². The lowest BCUT2D eigenvalue weighted by Crippen LogP contribution is -2.40. The van der Waals surface area contributed by atoms with Crippen LogP contribution in [0.15, 0.2) is 24.3 Å². The highest BCUT2D eigenvalue weighted by atomic mass is 35.5. The van der Waals surface area contributed by atoms with E-state index in [2.05, 4.69) is 4.90 Å². The standard InChI is InChI=1S/C12H16ClNO2/c13-9-1-3-10(4-2-9)14-11(7-15)5-6-12(14)8-16/h1-4,11-12,15-16H,5-8H2/t11-,12-/m1/s1.